The predicted octanol–water partition coefficient (Wildman–Crippen LogP) is 1.80. The number of hydrogen-bond acceptors (Lipinski definition) is 5. The lowest BCUT2D eigenvalue weighted by molar-refractivity contribution is -0.188. The van der Waals surface area contributed by atoms with Gasteiger partial charge >= 0.3 is 6.03 Å². The van der Waals surface area contributed by atoms with E-state index in [2.05, 4.69) is 11.2 Å². The first kappa shape index (κ1) is 26.1. The molecule has 2 aliphatic rings. The van der Waals surface area contributed by atoms with Crippen molar-refractivity contribution in [2.75, 3.05) is 32.8 Å². The van der Waals surface area contributed by atoms with E-state index < -0.39 is 18.2 Å². The van der Waals surface area contributed by atoms with Crippen molar-refractivity contribution >= 4 is 17.8 Å². The molecule has 2 aromatic carbocycles. The van der Waals surface area contributed by atoms with Gasteiger partial charge in [-0.15, -0.1) is 6.42 Å². The molecule has 0 saturated carbocycles. The van der Waals surface area contributed by atoms with E-state index in [9.17, 15) is 18.8 Å². The fraction of sp³-hybridized carbons (Fsp3) is 0.370. The lowest BCUT2D eigenvalue weighted by Gasteiger charge is -2.54. The zero-order chi connectivity index (χ0) is 26.4. The maximum atomic E-state index is 13.4. The number of carbonyl (C=O) groups is 3. The Balaban J connectivity index is 1.46. The molecule has 0 unspecified atom stereocenters. The zero-order valence-electron chi connectivity index (χ0n) is 20.7. The quantitative estimate of drug-likeness (QED) is 0.435. The summed E-state index contributed by atoms with van der Waals surface area (Å²) in [6.45, 7) is 2.69. The van der Waals surface area contributed by atoms with E-state index in [1.807, 2.05) is 30.3 Å². The summed E-state index contributed by atoms with van der Waals surface area (Å²) in [5.74, 6) is 1.67. The molecule has 2 aliphatic heterocycles. The second-order valence-corrected chi connectivity index (χ2v) is 8.94. The highest BCUT2D eigenvalue weighted by atomic mass is 19.1. The normalized spacial score (nSPS) is 20.0. The molecule has 194 valence electrons. The fourth-order valence-electron chi connectivity index (χ4n) is 4.64. The largest absolute Gasteiger partial charge is 0.375 e. The molecule has 2 atom stereocenters. The molecule has 37 heavy (non-hydrogen) atoms. The van der Waals surface area contributed by atoms with Crippen LogP contribution in [0.2, 0.25) is 0 Å². The van der Waals surface area contributed by atoms with Crippen molar-refractivity contribution in [2.45, 2.75) is 32.3 Å². The Bertz CT molecular complexity index is 1170. The summed E-state index contributed by atoms with van der Waals surface area (Å²) in [6, 6.07) is 14.4. The van der Waals surface area contributed by atoms with E-state index >= 15 is 0 Å². The van der Waals surface area contributed by atoms with E-state index in [1.165, 1.54) is 27.1 Å². The summed E-state index contributed by atoms with van der Waals surface area (Å²) in [7, 11) is 0. The minimum atomic E-state index is -0.758. The van der Waals surface area contributed by atoms with Crippen molar-refractivity contribution in [2.24, 2.45) is 0 Å². The van der Waals surface area contributed by atoms with E-state index in [-0.39, 0.29) is 57.0 Å². The van der Waals surface area contributed by atoms with Gasteiger partial charge in [-0.05, 0) is 30.2 Å². The van der Waals surface area contributed by atoms with Crippen LogP contribution in [0.15, 0.2) is 54.6 Å². The van der Waals surface area contributed by atoms with Crippen molar-refractivity contribution in [1.82, 2.24) is 25.1 Å². The number of fused-ring (bicyclic) bond motifs is 1. The van der Waals surface area contributed by atoms with Gasteiger partial charge in [-0.2, -0.15) is 5.01 Å². The fourth-order valence-corrected chi connectivity index (χ4v) is 4.64. The maximum absolute atomic E-state index is 13.4. The van der Waals surface area contributed by atoms with Crippen LogP contribution in [-0.2, 0) is 27.5 Å². The van der Waals surface area contributed by atoms with Gasteiger partial charge in [0.25, 0.3) is 0 Å². The highest BCUT2D eigenvalue weighted by Crippen LogP contribution is 2.26. The number of ether oxygens (including phenoxy) is 1. The molecule has 0 radical (unpaired) electrons. The molecule has 9 nitrogen and oxygen atoms in total. The lowest BCUT2D eigenvalue weighted by Crippen LogP contribution is -2.76. The molecular formula is C27H30FN5O4. The molecule has 2 aromatic rings. The number of benzene rings is 2. The molecule has 0 spiro atoms. The minimum absolute atomic E-state index is 0.0634. The summed E-state index contributed by atoms with van der Waals surface area (Å²) in [5, 5.41) is 5.89. The third kappa shape index (κ3) is 6.07. The number of halogens is 1. The molecule has 4 amide bonds. The van der Waals surface area contributed by atoms with Crippen LogP contribution in [0.4, 0.5) is 9.18 Å². The summed E-state index contributed by atoms with van der Waals surface area (Å²) in [5.41, 5.74) is 1.61. The van der Waals surface area contributed by atoms with E-state index in [0.717, 1.165) is 5.56 Å². The monoisotopic (exact) mass is 507 g/mol. The molecular weight excluding hydrogens is 477 g/mol. The number of nitrogens with zero attached hydrogens (tertiary/aromatic N) is 4. The Morgan fingerprint density at radius 3 is 2.65 bits per heavy atom. The summed E-state index contributed by atoms with van der Waals surface area (Å²) < 4.78 is 19.1. The van der Waals surface area contributed by atoms with E-state index in [1.54, 1.807) is 24.0 Å². The minimum Gasteiger partial charge on any atom is -0.375 e. The summed E-state index contributed by atoms with van der Waals surface area (Å²) in [6.07, 6.45) is 4.81. The summed E-state index contributed by atoms with van der Waals surface area (Å²) >= 11 is 0. The van der Waals surface area contributed by atoms with Crippen molar-refractivity contribution in [3.8, 4) is 12.3 Å². The number of carbonyl (C=O) groups excluding carboxylic acids is 3. The first-order chi connectivity index (χ1) is 17.9. The van der Waals surface area contributed by atoms with Gasteiger partial charge in [-0.3, -0.25) is 9.59 Å². The standard InChI is InChI=1S/C27H30FN5O4/c1-3-12-31-18-25(34)32-20(2)26(35)30(13-14-37-19-22-10-7-11-23(28)15-22)17-24(32)33(31)27(36)29-16-21-8-5-4-6-9-21/h1,4-11,15,20,24H,12-14,16-19H2,2H3,(H,29,36)/t20-,24-/m0/s1. The highest BCUT2D eigenvalue weighted by molar-refractivity contribution is 5.91. The van der Waals surface area contributed by atoms with Crippen LogP contribution in [0.25, 0.3) is 0 Å². The number of amides is 4. The molecule has 2 saturated heterocycles. The van der Waals surface area contributed by atoms with E-state index in [4.69, 9.17) is 11.2 Å². The SMILES string of the molecule is C#CCN1CC(=O)N2[C@@H](C)C(=O)N(CCOCc3cccc(F)c3)C[C@@H]2N1C(=O)NCc1ccccc1. The van der Waals surface area contributed by atoms with Crippen LogP contribution in [0, 0.1) is 18.2 Å². The van der Waals surface area contributed by atoms with Gasteiger partial charge in [0, 0.05) is 13.1 Å². The van der Waals surface area contributed by atoms with Gasteiger partial charge in [0.1, 0.15) is 18.0 Å². The van der Waals surface area contributed by atoms with Crippen LogP contribution in [0.3, 0.4) is 0 Å². The van der Waals surface area contributed by atoms with Crippen LogP contribution < -0.4 is 5.32 Å². The highest BCUT2D eigenvalue weighted by Gasteiger charge is 2.49. The second-order valence-electron chi connectivity index (χ2n) is 8.94. The predicted molar refractivity (Wildman–Crippen MR) is 134 cm³/mol. The maximum Gasteiger partial charge on any atom is 0.334 e. The van der Waals surface area contributed by atoms with E-state index in [0.29, 0.717) is 12.1 Å². The van der Waals surface area contributed by atoms with Crippen molar-refractivity contribution in [1.29, 1.82) is 0 Å². The van der Waals surface area contributed by atoms with Crippen LogP contribution in [0.5, 0.6) is 0 Å². The molecule has 2 fully saturated rings. The Kier molecular flexibility index (Phi) is 8.38. The molecule has 4 rings (SSSR count). The van der Waals surface area contributed by atoms with Crippen LogP contribution in [0.1, 0.15) is 18.1 Å². The lowest BCUT2D eigenvalue weighted by atomic mass is 10.1. The van der Waals surface area contributed by atoms with Gasteiger partial charge in [-0.1, -0.05) is 48.4 Å². The Morgan fingerprint density at radius 1 is 1.16 bits per heavy atom. The third-order valence-corrected chi connectivity index (χ3v) is 6.42. The van der Waals surface area contributed by atoms with Crippen molar-refractivity contribution in [3.05, 3.63) is 71.5 Å². The topological polar surface area (TPSA) is 85.4 Å². The average molecular weight is 508 g/mol. The van der Waals surface area contributed by atoms with Crippen LogP contribution in [-0.4, -0.2) is 82.7 Å². The zero-order valence-corrected chi connectivity index (χ0v) is 20.7. The Hall–Kier alpha value is -3.94. The summed E-state index contributed by atoms with van der Waals surface area (Å²) in [4.78, 5) is 42.5. The third-order valence-electron chi connectivity index (χ3n) is 6.42. The Morgan fingerprint density at radius 2 is 1.92 bits per heavy atom. The van der Waals surface area contributed by atoms with Gasteiger partial charge in [-0.25, -0.2) is 14.2 Å². The molecule has 0 aromatic heterocycles. The first-order valence-corrected chi connectivity index (χ1v) is 12.1. The number of hydrazine groups is 1. The number of terminal acetylenes is 1. The smallest absolute Gasteiger partial charge is 0.334 e. The Labute approximate surface area is 215 Å². The van der Waals surface area contributed by atoms with Gasteiger partial charge in [0.2, 0.25) is 11.8 Å². The number of nitrogens with one attached hydrogen (secondary N) is 1. The number of hydrogen-bond donors (Lipinski definition) is 1. The van der Waals surface area contributed by atoms with Crippen molar-refractivity contribution < 1.29 is 23.5 Å². The van der Waals surface area contributed by atoms with Crippen molar-refractivity contribution in [3.63, 3.8) is 0 Å². The first-order valence-electron chi connectivity index (χ1n) is 12.1. The molecule has 0 bridgehead atoms. The van der Waals surface area contributed by atoms with Gasteiger partial charge in [0.05, 0.1) is 32.8 Å². The molecule has 0 aliphatic carbocycles. The average Bonchev–Trinajstić information content (AvgIpc) is 2.88. The molecule has 2 heterocycles. The van der Waals surface area contributed by atoms with Crippen LogP contribution >= 0.6 is 0 Å². The molecule has 10 heteroatoms. The number of rotatable bonds is 8. The van der Waals surface area contributed by atoms with Gasteiger partial charge in [0.15, 0.2) is 0 Å². The van der Waals surface area contributed by atoms with Gasteiger partial charge < -0.3 is 19.9 Å². The second kappa shape index (κ2) is 11.9. The molecule has 1 N–H and O–H groups in total. The number of urea groups is 1. The number of piperazine rings is 1.